The Morgan fingerprint density at radius 3 is 2.71 bits per heavy atom. The van der Waals surface area contributed by atoms with Gasteiger partial charge in [-0.2, -0.15) is 0 Å². The largest absolute Gasteiger partial charge is 0.482 e. The van der Waals surface area contributed by atoms with Crippen molar-refractivity contribution in [1.29, 1.82) is 0 Å². The van der Waals surface area contributed by atoms with E-state index in [0.29, 0.717) is 35.2 Å². The Morgan fingerprint density at radius 1 is 1.18 bits per heavy atom. The molecule has 0 amide bonds. The summed E-state index contributed by atoms with van der Waals surface area (Å²) in [5, 5.41) is 9.55. The molecule has 4 rings (SSSR count). The molecule has 148 valence electrons. The quantitative estimate of drug-likeness (QED) is 0.803. The number of aliphatic carboxylic acids is 1. The van der Waals surface area contributed by atoms with E-state index in [1.165, 1.54) is 5.56 Å². The number of hydrogen-bond donors (Lipinski definition) is 1. The smallest absolute Gasteiger partial charge is 0.341 e. The van der Waals surface area contributed by atoms with E-state index in [2.05, 4.69) is 47.2 Å². The van der Waals surface area contributed by atoms with Crippen LogP contribution in [-0.4, -0.2) is 54.2 Å². The van der Waals surface area contributed by atoms with Gasteiger partial charge in [-0.3, -0.25) is 9.80 Å². The second-order valence-corrected chi connectivity index (χ2v) is 8.28. The number of hydrogen-bond acceptors (Lipinski definition) is 4. The summed E-state index contributed by atoms with van der Waals surface area (Å²) in [6.45, 7) is 3.51. The number of likely N-dealkylation sites (tertiary alicyclic amines) is 2. The number of benzene rings is 2. The maximum absolute atomic E-state index is 10.9. The zero-order valence-electron chi connectivity index (χ0n) is 15.9. The van der Waals surface area contributed by atoms with Gasteiger partial charge in [0.2, 0.25) is 0 Å². The van der Waals surface area contributed by atoms with E-state index in [0.717, 1.165) is 25.2 Å². The Bertz CT molecular complexity index is 845. The number of carboxylic acids is 1. The van der Waals surface area contributed by atoms with Crippen LogP contribution in [0.3, 0.4) is 0 Å². The predicted molar refractivity (Wildman–Crippen MR) is 109 cm³/mol. The molecule has 1 N–H and O–H groups in total. The maximum Gasteiger partial charge on any atom is 0.341 e. The minimum Gasteiger partial charge on any atom is -0.482 e. The Kier molecular flexibility index (Phi) is 5.58. The van der Waals surface area contributed by atoms with Crippen LogP contribution in [-0.2, 0) is 11.3 Å². The molecule has 6 heteroatoms. The molecular formula is C22H25ClN2O3. The standard InChI is InChI=1S/C22H25ClN2O3/c1-24-10-17-12-25(13-19(17)22(24)15-5-3-2-4-6-15)11-16-9-18(23)7-8-20(16)28-14-21(26)27/h2-9,17,19,22H,10-14H2,1H3,(H,26,27)/t17-,19+,22-/m0/s1. The molecule has 2 saturated heterocycles. The predicted octanol–water partition coefficient (Wildman–Crippen LogP) is 3.54. The number of carboxylic acid groups (broad SMARTS) is 1. The van der Waals surface area contributed by atoms with E-state index in [-0.39, 0.29) is 6.61 Å². The SMILES string of the molecule is CN1C[C@H]2CN(Cc3cc(Cl)ccc3OCC(=O)O)C[C@H]2[C@@H]1c1ccccc1. The Balaban J connectivity index is 1.48. The van der Waals surface area contributed by atoms with Crippen molar-refractivity contribution in [3.05, 3.63) is 64.7 Å². The molecule has 2 heterocycles. The fourth-order valence-electron chi connectivity index (χ4n) is 4.82. The zero-order chi connectivity index (χ0) is 19.7. The highest BCUT2D eigenvalue weighted by Gasteiger charge is 2.45. The van der Waals surface area contributed by atoms with Gasteiger partial charge in [-0.15, -0.1) is 0 Å². The molecule has 0 bridgehead atoms. The summed E-state index contributed by atoms with van der Waals surface area (Å²) < 4.78 is 5.47. The number of fused-ring (bicyclic) bond motifs is 1. The third-order valence-electron chi connectivity index (χ3n) is 5.88. The van der Waals surface area contributed by atoms with Gasteiger partial charge in [-0.05, 0) is 42.6 Å². The van der Waals surface area contributed by atoms with Crippen LogP contribution in [0.25, 0.3) is 0 Å². The van der Waals surface area contributed by atoms with Gasteiger partial charge in [0, 0.05) is 42.8 Å². The molecule has 2 aliphatic rings. The molecule has 2 aromatic rings. The van der Waals surface area contributed by atoms with Gasteiger partial charge in [-0.25, -0.2) is 4.79 Å². The molecule has 3 atom stereocenters. The van der Waals surface area contributed by atoms with Gasteiger partial charge in [0.15, 0.2) is 6.61 Å². The summed E-state index contributed by atoms with van der Waals surface area (Å²) in [5.41, 5.74) is 2.32. The van der Waals surface area contributed by atoms with Gasteiger partial charge in [0.25, 0.3) is 0 Å². The van der Waals surface area contributed by atoms with Gasteiger partial charge >= 0.3 is 5.97 Å². The number of rotatable bonds is 6. The van der Waals surface area contributed by atoms with Crippen molar-refractivity contribution in [2.45, 2.75) is 12.6 Å². The second-order valence-electron chi connectivity index (χ2n) is 7.85. The van der Waals surface area contributed by atoms with Crippen molar-refractivity contribution >= 4 is 17.6 Å². The third kappa shape index (κ3) is 4.02. The van der Waals surface area contributed by atoms with Crippen molar-refractivity contribution < 1.29 is 14.6 Å². The topological polar surface area (TPSA) is 53.0 Å². The molecule has 2 aromatic carbocycles. The average Bonchev–Trinajstić information content (AvgIpc) is 3.17. The zero-order valence-corrected chi connectivity index (χ0v) is 16.7. The molecule has 0 radical (unpaired) electrons. The number of carbonyl (C=O) groups is 1. The molecule has 2 fully saturated rings. The first-order chi connectivity index (χ1) is 13.5. The summed E-state index contributed by atoms with van der Waals surface area (Å²) in [5.74, 6) is 0.846. The van der Waals surface area contributed by atoms with Crippen molar-refractivity contribution in [2.75, 3.05) is 33.3 Å². The minimum atomic E-state index is -0.981. The van der Waals surface area contributed by atoms with Crippen molar-refractivity contribution in [1.82, 2.24) is 9.80 Å². The van der Waals surface area contributed by atoms with Crippen LogP contribution in [0.15, 0.2) is 48.5 Å². The second kappa shape index (κ2) is 8.11. The Morgan fingerprint density at radius 2 is 1.96 bits per heavy atom. The third-order valence-corrected chi connectivity index (χ3v) is 6.11. The van der Waals surface area contributed by atoms with Crippen molar-refractivity contribution in [3.8, 4) is 5.75 Å². The summed E-state index contributed by atoms with van der Waals surface area (Å²) in [6.07, 6.45) is 0. The summed E-state index contributed by atoms with van der Waals surface area (Å²) in [6, 6.07) is 16.6. The lowest BCUT2D eigenvalue weighted by Crippen LogP contribution is -2.29. The van der Waals surface area contributed by atoms with Crippen LogP contribution in [0, 0.1) is 11.8 Å². The first-order valence-electron chi connectivity index (χ1n) is 9.62. The lowest BCUT2D eigenvalue weighted by atomic mass is 9.90. The highest BCUT2D eigenvalue weighted by atomic mass is 35.5. The fourth-order valence-corrected chi connectivity index (χ4v) is 5.02. The van der Waals surface area contributed by atoms with Crippen LogP contribution in [0.1, 0.15) is 17.2 Å². The van der Waals surface area contributed by atoms with Gasteiger partial charge in [0.05, 0.1) is 0 Å². The van der Waals surface area contributed by atoms with Crippen molar-refractivity contribution in [2.24, 2.45) is 11.8 Å². The van der Waals surface area contributed by atoms with Crippen LogP contribution in [0.5, 0.6) is 5.75 Å². The molecule has 0 spiro atoms. The highest BCUT2D eigenvalue weighted by Crippen LogP contribution is 2.44. The maximum atomic E-state index is 10.9. The van der Waals surface area contributed by atoms with E-state index >= 15 is 0 Å². The molecule has 0 aliphatic carbocycles. The highest BCUT2D eigenvalue weighted by molar-refractivity contribution is 6.30. The average molecular weight is 401 g/mol. The number of halogens is 1. The van der Waals surface area contributed by atoms with Crippen LogP contribution < -0.4 is 4.74 Å². The summed E-state index contributed by atoms with van der Waals surface area (Å²) >= 11 is 6.19. The Labute approximate surface area is 170 Å². The van der Waals surface area contributed by atoms with E-state index in [1.54, 1.807) is 12.1 Å². The van der Waals surface area contributed by atoms with Crippen molar-refractivity contribution in [3.63, 3.8) is 0 Å². The number of ether oxygens (including phenoxy) is 1. The van der Waals surface area contributed by atoms with E-state index in [1.807, 2.05) is 6.07 Å². The van der Waals surface area contributed by atoms with Crippen LogP contribution in [0.4, 0.5) is 0 Å². The van der Waals surface area contributed by atoms with Gasteiger partial charge in [0.1, 0.15) is 5.75 Å². The van der Waals surface area contributed by atoms with Crippen LogP contribution in [0.2, 0.25) is 5.02 Å². The number of nitrogens with zero attached hydrogens (tertiary/aromatic N) is 2. The first kappa shape index (κ1) is 19.2. The molecule has 0 unspecified atom stereocenters. The lowest BCUT2D eigenvalue weighted by molar-refractivity contribution is -0.139. The normalized spacial score (nSPS) is 25.0. The van der Waals surface area contributed by atoms with E-state index in [9.17, 15) is 4.79 Å². The molecule has 28 heavy (non-hydrogen) atoms. The molecule has 0 saturated carbocycles. The fraction of sp³-hybridized carbons (Fsp3) is 0.409. The van der Waals surface area contributed by atoms with Crippen LogP contribution >= 0.6 is 11.6 Å². The van der Waals surface area contributed by atoms with E-state index in [4.69, 9.17) is 21.4 Å². The van der Waals surface area contributed by atoms with Gasteiger partial charge < -0.3 is 9.84 Å². The lowest BCUT2D eigenvalue weighted by Gasteiger charge is -2.27. The molecule has 2 aliphatic heterocycles. The molecule has 0 aromatic heterocycles. The minimum absolute atomic E-state index is 0.346. The Hall–Kier alpha value is -2.08. The summed E-state index contributed by atoms with van der Waals surface area (Å²) in [4.78, 5) is 15.8. The molecule has 5 nitrogen and oxygen atoms in total. The van der Waals surface area contributed by atoms with E-state index < -0.39 is 5.97 Å². The monoisotopic (exact) mass is 400 g/mol. The molecular weight excluding hydrogens is 376 g/mol. The summed E-state index contributed by atoms with van der Waals surface area (Å²) in [7, 11) is 2.22. The van der Waals surface area contributed by atoms with Gasteiger partial charge in [-0.1, -0.05) is 41.9 Å². The first-order valence-corrected chi connectivity index (χ1v) is 9.99.